The Balaban J connectivity index is 1.61. The van der Waals surface area contributed by atoms with Crippen LogP contribution in [0.1, 0.15) is 22.1 Å². The number of ether oxygens (including phenoxy) is 1. The number of hydrogen-bond acceptors (Lipinski definition) is 3. The summed E-state index contributed by atoms with van der Waals surface area (Å²) in [7, 11) is 0. The lowest BCUT2D eigenvalue weighted by molar-refractivity contribution is -0.128. The van der Waals surface area contributed by atoms with Crippen LogP contribution >= 0.6 is 11.8 Å². The zero-order chi connectivity index (χ0) is 16.2. The Labute approximate surface area is 141 Å². The molecule has 2 aromatic rings. The SMILES string of the molecule is Cc1ccc(OCCN2C(=O)CS[C@@H]2c2ccccc2)cc1C. The molecule has 0 aliphatic carbocycles. The van der Waals surface area contributed by atoms with Gasteiger partial charge in [0.1, 0.15) is 17.7 Å². The van der Waals surface area contributed by atoms with Crippen molar-refractivity contribution in [3.63, 3.8) is 0 Å². The molecule has 0 saturated carbocycles. The van der Waals surface area contributed by atoms with Crippen molar-refractivity contribution >= 4 is 17.7 Å². The van der Waals surface area contributed by atoms with E-state index in [2.05, 4.69) is 32.0 Å². The van der Waals surface area contributed by atoms with Gasteiger partial charge in [-0.1, -0.05) is 36.4 Å². The van der Waals surface area contributed by atoms with E-state index >= 15 is 0 Å². The predicted octanol–water partition coefficient (Wildman–Crippen LogP) is 3.96. The summed E-state index contributed by atoms with van der Waals surface area (Å²) in [5.41, 5.74) is 3.65. The smallest absolute Gasteiger partial charge is 0.233 e. The zero-order valence-corrected chi connectivity index (χ0v) is 14.3. The Morgan fingerprint density at radius 2 is 1.91 bits per heavy atom. The molecule has 0 aromatic heterocycles. The first-order valence-electron chi connectivity index (χ1n) is 7.81. The van der Waals surface area contributed by atoms with E-state index in [-0.39, 0.29) is 11.3 Å². The third-order valence-corrected chi connectivity index (χ3v) is 5.39. The number of rotatable bonds is 5. The predicted molar refractivity (Wildman–Crippen MR) is 94.8 cm³/mol. The molecule has 3 rings (SSSR count). The second-order valence-electron chi connectivity index (χ2n) is 5.76. The van der Waals surface area contributed by atoms with Crippen LogP contribution in [0.25, 0.3) is 0 Å². The van der Waals surface area contributed by atoms with Gasteiger partial charge >= 0.3 is 0 Å². The molecule has 23 heavy (non-hydrogen) atoms. The fourth-order valence-corrected chi connectivity index (χ4v) is 3.87. The second kappa shape index (κ2) is 7.09. The quantitative estimate of drug-likeness (QED) is 0.832. The van der Waals surface area contributed by atoms with Crippen LogP contribution in [0.15, 0.2) is 48.5 Å². The molecular weight excluding hydrogens is 306 g/mol. The first-order chi connectivity index (χ1) is 11.1. The largest absolute Gasteiger partial charge is 0.492 e. The highest BCUT2D eigenvalue weighted by Gasteiger charge is 2.32. The molecule has 2 aromatic carbocycles. The lowest BCUT2D eigenvalue weighted by Crippen LogP contribution is -2.32. The Kier molecular flexibility index (Phi) is 4.91. The van der Waals surface area contributed by atoms with Crippen LogP contribution in [0.3, 0.4) is 0 Å². The molecule has 1 heterocycles. The molecule has 1 aliphatic rings. The summed E-state index contributed by atoms with van der Waals surface area (Å²) in [6.07, 6.45) is 0. The minimum atomic E-state index is 0.104. The van der Waals surface area contributed by atoms with Crippen LogP contribution in [0.4, 0.5) is 0 Å². The van der Waals surface area contributed by atoms with Crippen molar-refractivity contribution in [2.45, 2.75) is 19.2 Å². The van der Waals surface area contributed by atoms with Gasteiger partial charge in [-0.25, -0.2) is 0 Å². The molecule has 0 N–H and O–H groups in total. The Hall–Kier alpha value is -1.94. The summed E-state index contributed by atoms with van der Waals surface area (Å²) in [5, 5.41) is 0.104. The highest BCUT2D eigenvalue weighted by molar-refractivity contribution is 8.00. The van der Waals surface area contributed by atoms with Crippen molar-refractivity contribution in [3.8, 4) is 5.75 Å². The van der Waals surface area contributed by atoms with Crippen LogP contribution in [0.5, 0.6) is 5.75 Å². The van der Waals surface area contributed by atoms with Gasteiger partial charge in [-0.3, -0.25) is 4.79 Å². The molecule has 3 nitrogen and oxygen atoms in total. The maximum absolute atomic E-state index is 12.1. The summed E-state index contributed by atoms with van der Waals surface area (Å²) >= 11 is 1.68. The van der Waals surface area contributed by atoms with Crippen LogP contribution in [-0.4, -0.2) is 29.7 Å². The number of amides is 1. The minimum Gasteiger partial charge on any atom is -0.492 e. The third-order valence-electron chi connectivity index (χ3n) is 4.13. The molecule has 0 spiro atoms. The molecule has 0 bridgehead atoms. The Morgan fingerprint density at radius 1 is 1.13 bits per heavy atom. The van der Waals surface area contributed by atoms with E-state index in [4.69, 9.17) is 4.74 Å². The van der Waals surface area contributed by atoms with Crippen LogP contribution in [0.2, 0.25) is 0 Å². The molecule has 0 radical (unpaired) electrons. The third kappa shape index (κ3) is 3.70. The van der Waals surface area contributed by atoms with Crippen molar-refractivity contribution in [2.75, 3.05) is 18.9 Å². The number of carbonyl (C=O) groups is 1. The van der Waals surface area contributed by atoms with E-state index in [9.17, 15) is 4.79 Å². The number of nitrogens with zero attached hydrogens (tertiary/aromatic N) is 1. The van der Waals surface area contributed by atoms with Gasteiger partial charge in [0.25, 0.3) is 0 Å². The molecule has 1 amide bonds. The number of carbonyl (C=O) groups excluding carboxylic acids is 1. The Morgan fingerprint density at radius 3 is 2.65 bits per heavy atom. The van der Waals surface area contributed by atoms with Crippen molar-refractivity contribution in [1.29, 1.82) is 0 Å². The van der Waals surface area contributed by atoms with E-state index in [0.29, 0.717) is 18.9 Å². The molecule has 0 unspecified atom stereocenters. The molecule has 1 atom stereocenters. The number of thioether (sulfide) groups is 1. The Bertz CT molecular complexity index is 687. The summed E-state index contributed by atoms with van der Waals surface area (Å²) in [6, 6.07) is 16.3. The van der Waals surface area contributed by atoms with E-state index in [1.807, 2.05) is 35.2 Å². The maximum Gasteiger partial charge on any atom is 0.233 e. The van der Waals surface area contributed by atoms with E-state index in [1.165, 1.54) is 16.7 Å². The molecule has 120 valence electrons. The lowest BCUT2D eigenvalue weighted by Gasteiger charge is -2.24. The van der Waals surface area contributed by atoms with Crippen LogP contribution in [-0.2, 0) is 4.79 Å². The molecule has 1 aliphatic heterocycles. The van der Waals surface area contributed by atoms with E-state index in [0.717, 1.165) is 5.75 Å². The average Bonchev–Trinajstić information content (AvgIpc) is 2.93. The van der Waals surface area contributed by atoms with E-state index < -0.39 is 0 Å². The highest BCUT2D eigenvalue weighted by Crippen LogP contribution is 2.38. The number of hydrogen-bond donors (Lipinski definition) is 0. The van der Waals surface area contributed by atoms with E-state index in [1.54, 1.807) is 11.8 Å². The van der Waals surface area contributed by atoms with Gasteiger partial charge in [0.05, 0.1) is 12.3 Å². The fraction of sp³-hybridized carbons (Fsp3) is 0.316. The van der Waals surface area contributed by atoms with Crippen molar-refractivity contribution in [2.24, 2.45) is 0 Å². The second-order valence-corrected chi connectivity index (χ2v) is 6.82. The lowest BCUT2D eigenvalue weighted by atomic mass is 10.1. The highest BCUT2D eigenvalue weighted by atomic mass is 32.2. The first kappa shape index (κ1) is 15.9. The van der Waals surface area contributed by atoms with Crippen LogP contribution in [0, 0.1) is 13.8 Å². The van der Waals surface area contributed by atoms with Gasteiger partial charge in [-0.2, -0.15) is 0 Å². The monoisotopic (exact) mass is 327 g/mol. The maximum atomic E-state index is 12.1. The fourth-order valence-electron chi connectivity index (χ4n) is 2.66. The summed E-state index contributed by atoms with van der Waals surface area (Å²) in [4.78, 5) is 14.1. The molecule has 4 heteroatoms. The molecule has 1 fully saturated rings. The van der Waals surface area contributed by atoms with Gasteiger partial charge < -0.3 is 9.64 Å². The molecule has 1 saturated heterocycles. The van der Waals surface area contributed by atoms with Crippen molar-refractivity contribution in [3.05, 3.63) is 65.2 Å². The standard InChI is InChI=1S/C19H21NO2S/c1-14-8-9-17(12-15(14)2)22-11-10-20-18(21)13-23-19(20)16-6-4-3-5-7-16/h3-9,12,19H,10-11,13H2,1-2H3/t19-/m1/s1. The zero-order valence-electron chi connectivity index (χ0n) is 13.5. The average molecular weight is 327 g/mol. The van der Waals surface area contributed by atoms with Crippen LogP contribution < -0.4 is 4.74 Å². The first-order valence-corrected chi connectivity index (χ1v) is 8.86. The summed E-state index contributed by atoms with van der Waals surface area (Å²) in [6.45, 7) is 5.29. The van der Waals surface area contributed by atoms with Gasteiger partial charge in [0, 0.05) is 0 Å². The summed E-state index contributed by atoms with van der Waals surface area (Å²) in [5.74, 6) is 1.60. The molecular formula is C19H21NO2S. The van der Waals surface area contributed by atoms with Gasteiger partial charge in [0.2, 0.25) is 5.91 Å². The van der Waals surface area contributed by atoms with Crippen molar-refractivity contribution in [1.82, 2.24) is 4.90 Å². The topological polar surface area (TPSA) is 29.5 Å². The van der Waals surface area contributed by atoms with Gasteiger partial charge in [-0.15, -0.1) is 11.8 Å². The van der Waals surface area contributed by atoms with Crippen molar-refractivity contribution < 1.29 is 9.53 Å². The van der Waals surface area contributed by atoms with Gasteiger partial charge in [-0.05, 0) is 42.7 Å². The number of aryl methyl sites for hydroxylation is 2. The number of benzene rings is 2. The minimum absolute atomic E-state index is 0.104. The normalized spacial score (nSPS) is 17.6. The van der Waals surface area contributed by atoms with Gasteiger partial charge in [0.15, 0.2) is 0 Å². The summed E-state index contributed by atoms with van der Waals surface area (Å²) < 4.78 is 5.83.